The lowest BCUT2D eigenvalue weighted by atomic mass is 10.2. The van der Waals surface area contributed by atoms with Crippen molar-refractivity contribution in [3.05, 3.63) is 29.7 Å². The molecule has 0 bridgehead atoms. The van der Waals surface area contributed by atoms with Crippen LogP contribution in [-0.4, -0.2) is 30.9 Å². The summed E-state index contributed by atoms with van der Waals surface area (Å²) < 4.78 is 15.8. The fraction of sp³-hybridized carbons (Fsp3) is 0.333. The highest BCUT2D eigenvalue weighted by molar-refractivity contribution is 7.99. The summed E-state index contributed by atoms with van der Waals surface area (Å²) >= 11 is 1.25. The largest absolute Gasteiger partial charge is 0.493 e. The van der Waals surface area contributed by atoms with Crippen molar-refractivity contribution in [2.75, 3.05) is 25.3 Å². The SMILES string of the molecule is COc1ccc(NC(=O)CSc2nc(C)c(C)o2)cc1OC. The Balaban J connectivity index is 1.94. The zero-order valence-electron chi connectivity index (χ0n) is 12.9. The zero-order chi connectivity index (χ0) is 16.1. The van der Waals surface area contributed by atoms with Crippen LogP contribution in [0.3, 0.4) is 0 Å². The minimum atomic E-state index is -0.147. The summed E-state index contributed by atoms with van der Waals surface area (Å²) in [7, 11) is 3.11. The van der Waals surface area contributed by atoms with Gasteiger partial charge in [-0.25, -0.2) is 4.98 Å². The van der Waals surface area contributed by atoms with Gasteiger partial charge in [-0.3, -0.25) is 4.79 Å². The number of anilines is 1. The lowest BCUT2D eigenvalue weighted by Crippen LogP contribution is -2.14. The van der Waals surface area contributed by atoms with Crippen LogP contribution in [-0.2, 0) is 4.79 Å². The Hall–Kier alpha value is -2.15. The van der Waals surface area contributed by atoms with Gasteiger partial charge in [0.25, 0.3) is 5.22 Å². The van der Waals surface area contributed by atoms with Crippen molar-refractivity contribution in [3.63, 3.8) is 0 Å². The first-order valence-corrected chi connectivity index (χ1v) is 7.60. The van der Waals surface area contributed by atoms with Crippen LogP contribution in [0.1, 0.15) is 11.5 Å². The van der Waals surface area contributed by atoms with Crippen molar-refractivity contribution in [1.82, 2.24) is 4.98 Å². The number of methoxy groups -OCH3 is 2. The molecule has 1 N–H and O–H groups in total. The summed E-state index contributed by atoms with van der Waals surface area (Å²) in [5, 5.41) is 3.29. The molecule has 0 unspecified atom stereocenters. The number of amides is 1. The van der Waals surface area contributed by atoms with Crippen LogP contribution >= 0.6 is 11.8 Å². The Labute approximate surface area is 133 Å². The lowest BCUT2D eigenvalue weighted by molar-refractivity contribution is -0.113. The number of aryl methyl sites for hydroxylation is 2. The number of nitrogens with zero attached hydrogens (tertiary/aromatic N) is 1. The van der Waals surface area contributed by atoms with Crippen LogP contribution in [0.5, 0.6) is 11.5 Å². The standard InChI is InChI=1S/C15H18N2O4S/c1-9-10(2)21-15(16-9)22-8-14(18)17-11-5-6-12(19-3)13(7-11)20-4/h5-7H,8H2,1-4H3,(H,17,18). The maximum absolute atomic E-state index is 12.0. The molecule has 0 aliphatic rings. The number of aromatic nitrogens is 1. The first-order valence-electron chi connectivity index (χ1n) is 6.62. The van der Waals surface area contributed by atoms with Gasteiger partial charge in [0, 0.05) is 11.8 Å². The number of carbonyl (C=O) groups is 1. The van der Waals surface area contributed by atoms with Crippen molar-refractivity contribution >= 4 is 23.4 Å². The van der Waals surface area contributed by atoms with E-state index in [2.05, 4.69) is 10.3 Å². The van der Waals surface area contributed by atoms with E-state index >= 15 is 0 Å². The van der Waals surface area contributed by atoms with E-state index < -0.39 is 0 Å². The summed E-state index contributed by atoms with van der Waals surface area (Å²) in [5.74, 6) is 2.01. The van der Waals surface area contributed by atoms with Crippen molar-refractivity contribution in [3.8, 4) is 11.5 Å². The predicted molar refractivity (Wildman–Crippen MR) is 84.9 cm³/mol. The minimum absolute atomic E-state index is 0.147. The maximum Gasteiger partial charge on any atom is 0.256 e. The van der Waals surface area contributed by atoms with Crippen LogP contribution in [0, 0.1) is 13.8 Å². The second-order valence-corrected chi connectivity index (χ2v) is 5.45. The van der Waals surface area contributed by atoms with Crippen LogP contribution in [0.25, 0.3) is 0 Å². The number of thioether (sulfide) groups is 1. The molecule has 1 aromatic carbocycles. The summed E-state index contributed by atoms with van der Waals surface area (Å²) in [5.41, 5.74) is 1.48. The molecule has 118 valence electrons. The number of rotatable bonds is 6. The van der Waals surface area contributed by atoms with Gasteiger partial charge in [0.1, 0.15) is 5.76 Å². The topological polar surface area (TPSA) is 73.6 Å². The van der Waals surface area contributed by atoms with Gasteiger partial charge in [-0.15, -0.1) is 0 Å². The van der Waals surface area contributed by atoms with E-state index in [1.807, 2.05) is 13.8 Å². The number of ether oxygens (including phenoxy) is 2. The van der Waals surface area contributed by atoms with E-state index in [1.165, 1.54) is 11.8 Å². The molecule has 0 saturated heterocycles. The molecule has 1 amide bonds. The highest BCUT2D eigenvalue weighted by atomic mass is 32.2. The van der Waals surface area contributed by atoms with Gasteiger partial charge in [0.15, 0.2) is 11.5 Å². The summed E-state index contributed by atoms with van der Waals surface area (Å²) in [4.78, 5) is 16.2. The number of nitrogens with one attached hydrogen (secondary N) is 1. The van der Waals surface area contributed by atoms with E-state index in [0.717, 1.165) is 11.5 Å². The van der Waals surface area contributed by atoms with Gasteiger partial charge >= 0.3 is 0 Å². The van der Waals surface area contributed by atoms with Gasteiger partial charge in [0.05, 0.1) is 25.7 Å². The number of hydrogen-bond donors (Lipinski definition) is 1. The van der Waals surface area contributed by atoms with E-state index in [0.29, 0.717) is 22.4 Å². The van der Waals surface area contributed by atoms with E-state index in [-0.39, 0.29) is 11.7 Å². The quantitative estimate of drug-likeness (QED) is 0.824. The highest BCUT2D eigenvalue weighted by Crippen LogP contribution is 2.30. The smallest absolute Gasteiger partial charge is 0.256 e. The normalized spacial score (nSPS) is 10.4. The van der Waals surface area contributed by atoms with Crippen LogP contribution < -0.4 is 14.8 Å². The number of hydrogen-bond acceptors (Lipinski definition) is 6. The van der Waals surface area contributed by atoms with Crippen molar-refractivity contribution in [1.29, 1.82) is 0 Å². The highest BCUT2D eigenvalue weighted by Gasteiger charge is 2.11. The molecular weight excluding hydrogens is 304 g/mol. The van der Waals surface area contributed by atoms with E-state index in [4.69, 9.17) is 13.9 Å². The third kappa shape index (κ3) is 3.94. The maximum atomic E-state index is 12.0. The lowest BCUT2D eigenvalue weighted by Gasteiger charge is -2.10. The van der Waals surface area contributed by atoms with E-state index in [9.17, 15) is 4.79 Å². The van der Waals surface area contributed by atoms with Gasteiger partial charge in [-0.05, 0) is 26.0 Å². The molecule has 0 aliphatic heterocycles. The molecule has 0 spiro atoms. The molecule has 2 aromatic rings. The Kier molecular flexibility index (Phi) is 5.32. The van der Waals surface area contributed by atoms with Crippen LogP contribution in [0.15, 0.2) is 27.8 Å². The van der Waals surface area contributed by atoms with E-state index in [1.54, 1.807) is 32.4 Å². The molecule has 1 heterocycles. The first kappa shape index (κ1) is 16.2. The number of carbonyl (C=O) groups excluding carboxylic acids is 1. The Morgan fingerprint density at radius 2 is 2.00 bits per heavy atom. The molecule has 1 aromatic heterocycles. The molecule has 0 aliphatic carbocycles. The van der Waals surface area contributed by atoms with Gasteiger partial charge < -0.3 is 19.2 Å². The third-order valence-corrected chi connectivity index (χ3v) is 3.83. The molecule has 2 rings (SSSR count). The molecule has 22 heavy (non-hydrogen) atoms. The van der Waals surface area contributed by atoms with Gasteiger partial charge in [-0.1, -0.05) is 11.8 Å². The zero-order valence-corrected chi connectivity index (χ0v) is 13.7. The second-order valence-electron chi connectivity index (χ2n) is 4.53. The third-order valence-electron chi connectivity index (χ3n) is 3.00. The van der Waals surface area contributed by atoms with Crippen molar-refractivity contribution in [2.24, 2.45) is 0 Å². The number of oxazole rings is 1. The average molecular weight is 322 g/mol. The predicted octanol–water partition coefficient (Wildman–Crippen LogP) is 3.04. The molecule has 0 radical (unpaired) electrons. The minimum Gasteiger partial charge on any atom is -0.493 e. The fourth-order valence-corrected chi connectivity index (χ4v) is 2.46. The summed E-state index contributed by atoms with van der Waals surface area (Å²) in [6.45, 7) is 3.71. The van der Waals surface area contributed by atoms with Crippen molar-refractivity contribution in [2.45, 2.75) is 19.1 Å². The molecule has 0 atom stereocenters. The Morgan fingerprint density at radius 3 is 2.59 bits per heavy atom. The van der Waals surface area contributed by atoms with Gasteiger partial charge in [0.2, 0.25) is 5.91 Å². The summed E-state index contributed by atoms with van der Waals surface area (Å²) in [6, 6.07) is 5.20. The average Bonchev–Trinajstić information content (AvgIpc) is 2.83. The molecule has 0 saturated carbocycles. The number of benzene rings is 1. The Bertz CT molecular complexity index is 650. The van der Waals surface area contributed by atoms with Crippen LogP contribution in [0.4, 0.5) is 5.69 Å². The summed E-state index contributed by atoms with van der Waals surface area (Å²) in [6.07, 6.45) is 0. The second kappa shape index (κ2) is 7.22. The van der Waals surface area contributed by atoms with Crippen LogP contribution in [0.2, 0.25) is 0 Å². The Morgan fingerprint density at radius 1 is 1.27 bits per heavy atom. The monoisotopic (exact) mass is 322 g/mol. The molecule has 0 fully saturated rings. The molecular formula is C15H18N2O4S. The fourth-order valence-electron chi connectivity index (χ4n) is 1.74. The van der Waals surface area contributed by atoms with Crippen molar-refractivity contribution < 1.29 is 18.7 Å². The molecule has 6 nitrogen and oxygen atoms in total. The van der Waals surface area contributed by atoms with Gasteiger partial charge in [-0.2, -0.15) is 0 Å². The molecule has 7 heteroatoms. The first-order chi connectivity index (χ1) is 10.5.